The van der Waals surface area contributed by atoms with Gasteiger partial charge in [0.2, 0.25) is 0 Å². The zero-order valence-corrected chi connectivity index (χ0v) is 12.3. The van der Waals surface area contributed by atoms with Gasteiger partial charge in [-0.05, 0) is 53.9 Å². The second-order valence-electron chi connectivity index (χ2n) is 6.00. The Morgan fingerprint density at radius 2 is 1.86 bits per heavy atom. The molecule has 0 heterocycles. The molecule has 2 unspecified atom stereocenters. The summed E-state index contributed by atoms with van der Waals surface area (Å²) in [5.74, 6) is -0.216. The van der Waals surface area contributed by atoms with E-state index in [0.29, 0.717) is 5.92 Å². The quantitative estimate of drug-likeness (QED) is 0.923. The number of benzene rings is 2. The Bertz CT molecular complexity index is 646. The van der Waals surface area contributed by atoms with Gasteiger partial charge in [0.05, 0.1) is 0 Å². The van der Waals surface area contributed by atoms with E-state index >= 15 is 0 Å². The normalized spacial score (nSPS) is 20.8. The fourth-order valence-corrected chi connectivity index (χ4v) is 3.59. The monoisotopic (exact) mass is 280 g/mol. The number of fused-ring (bicyclic) bond motifs is 1. The number of carboxylic acids is 1. The maximum Gasteiger partial charge on any atom is 0.303 e. The molecule has 0 aromatic heterocycles. The van der Waals surface area contributed by atoms with Crippen LogP contribution in [0.1, 0.15) is 34.6 Å². The van der Waals surface area contributed by atoms with Crippen LogP contribution in [0.4, 0.5) is 0 Å². The highest BCUT2D eigenvalue weighted by molar-refractivity contribution is 5.67. The van der Waals surface area contributed by atoms with E-state index in [4.69, 9.17) is 0 Å². The Morgan fingerprint density at radius 1 is 1.10 bits per heavy atom. The highest BCUT2D eigenvalue weighted by Gasteiger charge is 2.31. The van der Waals surface area contributed by atoms with Crippen molar-refractivity contribution < 1.29 is 9.90 Å². The van der Waals surface area contributed by atoms with Gasteiger partial charge in [-0.2, -0.15) is 0 Å². The Balaban J connectivity index is 2.00. The van der Waals surface area contributed by atoms with Crippen LogP contribution in [0.2, 0.25) is 0 Å². The fourth-order valence-electron chi connectivity index (χ4n) is 3.59. The van der Waals surface area contributed by atoms with Gasteiger partial charge in [0.25, 0.3) is 0 Å². The molecule has 108 valence electrons. The van der Waals surface area contributed by atoms with Gasteiger partial charge in [0, 0.05) is 6.42 Å². The molecule has 3 rings (SSSR count). The molecule has 2 aromatic rings. The SMILES string of the molecule is Cc1cccc2c1CC(c1ccccc1)C(CC(=O)O)C2. The number of carbonyl (C=O) groups is 1. The number of aliphatic carboxylic acids is 1. The van der Waals surface area contributed by atoms with Crippen molar-refractivity contribution >= 4 is 5.97 Å². The van der Waals surface area contributed by atoms with E-state index in [1.807, 2.05) is 18.2 Å². The number of hydrogen-bond donors (Lipinski definition) is 1. The Labute approximate surface area is 125 Å². The van der Waals surface area contributed by atoms with E-state index < -0.39 is 5.97 Å². The van der Waals surface area contributed by atoms with Crippen molar-refractivity contribution in [2.75, 3.05) is 0 Å². The Morgan fingerprint density at radius 3 is 2.57 bits per heavy atom. The topological polar surface area (TPSA) is 37.3 Å². The number of hydrogen-bond acceptors (Lipinski definition) is 1. The highest BCUT2D eigenvalue weighted by atomic mass is 16.4. The third-order valence-electron chi connectivity index (χ3n) is 4.65. The molecule has 2 atom stereocenters. The van der Waals surface area contributed by atoms with Crippen LogP contribution in [0.5, 0.6) is 0 Å². The fraction of sp³-hybridized carbons (Fsp3) is 0.316. The van der Waals surface area contributed by atoms with Crippen LogP contribution in [-0.4, -0.2) is 11.1 Å². The molecular formula is C19H20O2. The molecule has 0 saturated heterocycles. The van der Waals surface area contributed by atoms with Crippen LogP contribution < -0.4 is 0 Å². The first-order valence-corrected chi connectivity index (χ1v) is 7.49. The summed E-state index contributed by atoms with van der Waals surface area (Å²) in [5, 5.41) is 9.23. The minimum absolute atomic E-state index is 0.180. The summed E-state index contributed by atoms with van der Waals surface area (Å²) >= 11 is 0. The lowest BCUT2D eigenvalue weighted by Crippen LogP contribution is -2.26. The molecule has 2 nitrogen and oxygen atoms in total. The average molecular weight is 280 g/mol. The number of rotatable bonds is 3. The highest BCUT2D eigenvalue weighted by Crippen LogP contribution is 2.39. The van der Waals surface area contributed by atoms with Crippen molar-refractivity contribution in [3.8, 4) is 0 Å². The van der Waals surface area contributed by atoms with E-state index in [9.17, 15) is 9.90 Å². The van der Waals surface area contributed by atoms with Crippen LogP contribution in [-0.2, 0) is 17.6 Å². The third-order valence-corrected chi connectivity index (χ3v) is 4.65. The van der Waals surface area contributed by atoms with Crippen LogP contribution in [0.3, 0.4) is 0 Å². The Kier molecular flexibility index (Phi) is 3.78. The van der Waals surface area contributed by atoms with Gasteiger partial charge < -0.3 is 5.11 Å². The van der Waals surface area contributed by atoms with Crippen molar-refractivity contribution in [2.24, 2.45) is 5.92 Å². The molecule has 0 amide bonds. The minimum Gasteiger partial charge on any atom is -0.481 e. The van der Waals surface area contributed by atoms with Crippen molar-refractivity contribution in [3.63, 3.8) is 0 Å². The summed E-state index contributed by atoms with van der Waals surface area (Å²) in [5.41, 5.74) is 5.32. The lowest BCUT2D eigenvalue weighted by atomic mass is 9.70. The molecule has 0 bridgehead atoms. The first kappa shape index (κ1) is 13.9. The zero-order valence-electron chi connectivity index (χ0n) is 12.3. The van der Waals surface area contributed by atoms with E-state index in [0.717, 1.165) is 12.8 Å². The van der Waals surface area contributed by atoms with E-state index in [1.54, 1.807) is 0 Å². The van der Waals surface area contributed by atoms with Gasteiger partial charge >= 0.3 is 5.97 Å². The van der Waals surface area contributed by atoms with Crippen molar-refractivity contribution in [2.45, 2.75) is 32.1 Å². The van der Waals surface area contributed by atoms with Gasteiger partial charge in [0.1, 0.15) is 0 Å². The first-order chi connectivity index (χ1) is 10.1. The maximum atomic E-state index is 11.2. The molecule has 1 aliphatic carbocycles. The van der Waals surface area contributed by atoms with E-state index in [2.05, 4.69) is 37.3 Å². The summed E-state index contributed by atoms with van der Waals surface area (Å²) in [6, 6.07) is 16.7. The molecule has 0 fully saturated rings. The molecule has 21 heavy (non-hydrogen) atoms. The predicted molar refractivity (Wildman–Crippen MR) is 83.5 cm³/mol. The molecule has 0 saturated carbocycles. The summed E-state index contributed by atoms with van der Waals surface area (Å²) in [6.07, 6.45) is 2.06. The van der Waals surface area contributed by atoms with Gasteiger partial charge in [-0.15, -0.1) is 0 Å². The Hall–Kier alpha value is -2.09. The second kappa shape index (κ2) is 5.72. The molecule has 2 heteroatoms. The minimum atomic E-state index is -0.697. The summed E-state index contributed by atoms with van der Waals surface area (Å²) in [6.45, 7) is 2.15. The van der Waals surface area contributed by atoms with Gasteiger partial charge in [-0.1, -0.05) is 48.5 Å². The van der Waals surface area contributed by atoms with Gasteiger partial charge in [0.15, 0.2) is 0 Å². The molecule has 0 radical (unpaired) electrons. The van der Waals surface area contributed by atoms with Crippen LogP contribution >= 0.6 is 0 Å². The van der Waals surface area contributed by atoms with Gasteiger partial charge in [-0.25, -0.2) is 0 Å². The second-order valence-corrected chi connectivity index (χ2v) is 6.00. The lowest BCUT2D eigenvalue weighted by Gasteiger charge is -2.33. The standard InChI is InChI=1S/C19H20O2/c1-13-6-5-9-15-10-16(11-19(20)21)18(12-17(13)15)14-7-3-2-4-8-14/h2-9,16,18H,10-12H2,1H3,(H,20,21). The largest absolute Gasteiger partial charge is 0.481 e. The molecular weight excluding hydrogens is 260 g/mol. The predicted octanol–water partition coefficient (Wildman–Crippen LogP) is 3.97. The zero-order chi connectivity index (χ0) is 14.8. The van der Waals surface area contributed by atoms with Gasteiger partial charge in [-0.3, -0.25) is 4.79 Å². The van der Waals surface area contributed by atoms with E-state index in [-0.39, 0.29) is 12.3 Å². The lowest BCUT2D eigenvalue weighted by molar-refractivity contribution is -0.138. The average Bonchev–Trinajstić information content (AvgIpc) is 2.47. The van der Waals surface area contributed by atoms with Crippen molar-refractivity contribution in [1.82, 2.24) is 0 Å². The molecule has 0 spiro atoms. The first-order valence-electron chi connectivity index (χ1n) is 7.49. The molecule has 1 aliphatic rings. The number of aryl methyl sites for hydroxylation is 1. The maximum absolute atomic E-state index is 11.2. The van der Waals surface area contributed by atoms with Crippen LogP contribution in [0.25, 0.3) is 0 Å². The smallest absolute Gasteiger partial charge is 0.303 e. The van der Waals surface area contributed by atoms with Crippen LogP contribution in [0, 0.1) is 12.8 Å². The third kappa shape index (κ3) is 2.85. The molecule has 0 aliphatic heterocycles. The number of carboxylic acid groups (broad SMARTS) is 1. The summed E-state index contributed by atoms with van der Waals surface area (Å²) in [7, 11) is 0. The van der Waals surface area contributed by atoms with Crippen molar-refractivity contribution in [1.29, 1.82) is 0 Å². The van der Waals surface area contributed by atoms with Crippen molar-refractivity contribution in [3.05, 3.63) is 70.8 Å². The molecule has 2 aromatic carbocycles. The summed E-state index contributed by atoms with van der Waals surface area (Å²) in [4.78, 5) is 11.2. The molecule has 1 N–H and O–H groups in total. The summed E-state index contributed by atoms with van der Waals surface area (Å²) < 4.78 is 0. The van der Waals surface area contributed by atoms with E-state index in [1.165, 1.54) is 22.3 Å². The van der Waals surface area contributed by atoms with Crippen LogP contribution in [0.15, 0.2) is 48.5 Å².